The molecule has 0 aromatic heterocycles. The molecule has 0 fully saturated rings. The first-order valence-corrected chi connectivity index (χ1v) is 6.61. The molecule has 22 heavy (non-hydrogen) atoms. The Balaban J connectivity index is 4.50. The largest absolute Gasteiger partial charge is 0.394 e. The number of hydrogen-bond acceptors (Lipinski definition) is 8. The molecule has 6 atom stereocenters. The third kappa shape index (κ3) is 7.07. The first-order valence-electron chi connectivity index (χ1n) is 6.61. The summed E-state index contributed by atoms with van der Waals surface area (Å²) in [5.74, 6) is -0.465. The molecule has 0 radical (unpaired) electrons. The van der Waals surface area contributed by atoms with Crippen LogP contribution in [0.25, 0.3) is 0 Å². The van der Waals surface area contributed by atoms with Crippen LogP contribution in [-0.2, 0) is 19.1 Å². The molecule has 0 saturated heterocycles. The molecule has 1 amide bonds. The van der Waals surface area contributed by atoms with E-state index in [2.05, 4.69) is 11.9 Å². The number of rotatable bonds is 11. The first kappa shape index (κ1) is 20.6. The van der Waals surface area contributed by atoms with E-state index in [1.165, 1.54) is 13.8 Å². The molecule has 9 nitrogen and oxygen atoms in total. The summed E-state index contributed by atoms with van der Waals surface area (Å²) in [6.07, 6.45) is -7.13. The highest BCUT2D eigenvalue weighted by atomic mass is 16.7. The van der Waals surface area contributed by atoms with Gasteiger partial charge >= 0.3 is 0 Å². The Morgan fingerprint density at radius 2 is 1.82 bits per heavy atom. The Bertz CT molecular complexity index is 364. The number of hydrogen-bond donors (Lipinski definition) is 5. The summed E-state index contributed by atoms with van der Waals surface area (Å²) in [5, 5.41) is 39.6. The summed E-state index contributed by atoms with van der Waals surface area (Å²) in [5.41, 5.74) is 0. The fourth-order valence-corrected chi connectivity index (χ4v) is 1.56. The van der Waals surface area contributed by atoms with Gasteiger partial charge in [-0.05, 0) is 19.9 Å². The van der Waals surface area contributed by atoms with Crippen molar-refractivity contribution >= 4 is 12.2 Å². The maximum Gasteiger partial charge on any atom is 0.245 e. The Labute approximate surface area is 128 Å². The second kappa shape index (κ2) is 10.4. The lowest BCUT2D eigenvalue weighted by Crippen LogP contribution is -2.49. The van der Waals surface area contributed by atoms with Crippen LogP contribution in [0, 0.1) is 0 Å². The molecule has 128 valence electrons. The monoisotopic (exact) mass is 321 g/mol. The van der Waals surface area contributed by atoms with Crippen molar-refractivity contribution in [3.05, 3.63) is 12.7 Å². The zero-order chi connectivity index (χ0) is 17.3. The summed E-state index contributed by atoms with van der Waals surface area (Å²) >= 11 is 0. The van der Waals surface area contributed by atoms with Gasteiger partial charge in [0.15, 0.2) is 12.6 Å². The van der Waals surface area contributed by atoms with Gasteiger partial charge in [-0.1, -0.05) is 6.58 Å². The van der Waals surface area contributed by atoms with Crippen molar-refractivity contribution in [2.24, 2.45) is 0 Å². The number of amides is 1. The molecule has 0 aliphatic carbocycles. The van der Waals surface area contributed by atoms with Crippen LogP contribution in [0.15, 0.2) is 12.7 Å². The number of ether oxygens (including phenoxy) is 2. The second-order valence-electron chi connectivity index (χ2n) is 4.53. The van der Waals surface area contributed by atoms with E-state index in [4.69, 9.17) is 14.6 Å². The van der Waals surface area contributed by atoms with Gasteiger partial charge in [0.05, 0.1) is 6.61 Å². The van der Waals surface area contributed by atoms with E-state index in [0.29, 0.717) is 0 Å². The predicted octanol–water partition coefficient (Wildman–Crippen LogP) is -2.34. The topological polar surface area (TPSA) is 146 Å². The minimum absolute atomic E-state index is 0.227. The van der Waals surface area contributed by atoms with E-state index in [0.717, 1.165) is 6.08 Å². The van der Waals surface area contributed by atoms with Gasteiger partial charge in [0, 0.05) is 0 Å². The van der Waals surface area contributed by atoms with Crippen molar-refractivity contribution < 1.29 is 39.5 Å². The number of aldehydes is 1. The Hall–Kier alpha value is -1.36. The number of aliphatic hydroxyl groups is 4. The standard InChI is InChI=1S/C13H23NO8/c1-4-11(18)14-7(2)21-8(3)22-10(6-16)13(20)12(19)9(17)5-15/h4,6-10,12-13,15,17,19-20H,1,5H2,2-3H3,(H,14,18)/t7?,8?,9-,10+,12-,13-/m1/s1. The molecular weight excluding hydrogens is 298 g/mol. The second-order valence-corrected chi connectivity index (χ2v) is 4.53. The van der Waals surface area contributed by atoms with Crippen LogP contribution in [0.3, 0.4) is 0 Å². The summed E-state index contributed by atoms with van der Waals surface area (Å²) < 4.78 is 10.3. The number of aliphatic hydroxyl groups excluding tert-OH is 4. The van der Waals surface area contributed by atoms with Crippen LogP contribution in [0.4, 0.5) is 0 Å². The summed E-state index contributed by atoms with van der Waals surface area (Å²) in [7, 11) is 0. The summed E-state index contributed by atoms with van der Waals surface area (Å²) in [6, 6.07) is 0. The number of carbonyl (C=O) groups is 2. The quantitative estimate of drug-likeness (QED) is 0.162. The van der Waals surface area contributed by atoms with Crippen molar-refractivity contribution in [1.82, 2.24) is 5.32 Å². The fourth-order valence-electron chi connectivity index (χ4n) is 1.56. The molecule has 0 rings (SSSR count). The molecule has 0 aromatic rings. The molecule has 9 heteroatoms. The zero-order valence-electron chi connectivity index (χ0n) is 12.5. The third-order valence-corrected chi connectivity index (χ3v) is 2.68. The molecule has 0 aliphatic rings. The van der Waals surface area contributed by atoms with E-state index in [1.807, 2.05) is 0 Å². The predicted molar refractivity (Wildman–Crippen MR) is 74.4 cm³/mol. The molecule has 0 bridgehead atoms. The Morgan fingerprint density at radius 3 is 2.27 bits per heavy atom. The molecular formula is C13H23NO8. The average Bonchev–Trinajstić information content (AvgIpc) is 2.49. The third-order valence-electron chi connectivity index (χ3n) is 2.68. The first-order chi connectivity index (χ1) is 10.3. The number of carbonyl (C=O) groups excluding carboxylic acids is 2. The van der Waals surface area contributed by atoms with Crippen LogP contribution in [0.5, 0.6) is 0 Å². The van der Waals surface area contributed by atoms with Crippen LogP contribution < -0.4 is 5.32 Å². The van der Waals surface area contributed by atoms with Gasteiger partial charge in [-0.2, -0.15) is 0 Å². The fraction of sp³-hybridized carbons (Fsp3) is 0.692. The lowest BCUT2D eigenvalue weighted by Gasteiger charge is -2.28. The summed E-state index contributed by atoms with van der Waals surface area (Å²) in [4.78, 5) is 22.0. The highest BCUT2D eigenvalue weighted by Crippen LogP contribution is 2.10. The zero-order valence-corrected chi connectivity index (χ0v) is 12.5. The molecule has 0 saturated carbocycles. The highest BCUT2D eigenvalue weighted by Gasteiger charge is 2.33. The van der Waals surface area contributed by atoms with E-state index >= 15 is 0 Å². The van der Waals surface area contributed by atoms with Crippen molar-refractivity contribution in [3.8, 4) is 0 Å². The Kier molecular flexibility index (Phi) is 9.74. The molecule has 5 N–H and O–H groups in total. The Morgan fingerprint density at radius 1 is 1.23 bits per heavy atom. The van der Waals surface area contributed by atoms with Gasteiger partial charge in [0.25, 0.3) is 0 Å². The van der Waals surface area contributed by atoms with Crippen molar-refractivity contribution in [2.75, 3.05) is 6.61 Å². The van der Waals surface area contributed by atoms with Crippen molar-refractivity contribution in [1.29, 1.82) is 0 Å². The van der Waals surface area contributed by atoms with Gasteiger partial charge < -0.3 is 40.0 Å². The average molecular weight is 321 g/mol. The van der Waals surface area contributed by atoms with Crippen LogP contribution in [-0.4, -0.2) is 76.2 Å². The van der Waals surface area contributed by atoms with Crippen molar-refractivity contribution in [3.63, 3.8) is 0 Å². The number of nitrogens with one attached hydrogen (secondary N) is 1. The maximum absolute atomic E-state index is 11.1. The van der Waals surface area contributed by atoms with Gasteiger partial charge in [0.2, 0.25) is 5.91 Å². The maximum atomic E-state index is 11.1. The summed E-state index contributed by atoms with van der Waals surface area (Å²) in [6.45, 7) is 5.40. The van der Waals surface area contributed by atoms with Gasteiger partial charge in [-0.15, -0.1) is 0 Å². The van der Waals surface area contributed by atoms with Crippen LogP contribution in [0.1, 0.15) is 13.8 Å². The normalized spacial score (nSPS) is 19.4. The lowest BCUT2D eigenvalue weighted by molar-refractivity contribution is -0.214. The molecule has 0 aliphatic heterocycles. The molecule has 2 unspecified atom stereocenters. The van der Waals surface area contributed by atoms with E-state index in [-0.39, 0.29) is 6.29 Å². The van der Waals surface area contributed by atoms with E-state index in [9.17, 15) is 24.9 Å². The van der Waals surface area contributed by atoms with Crippen molar-refractivity contribution in [2.45, 2.75) is 50.8 Å². The minimum Gasteiger partial charge on any atom is -0.394 e. The highest BCUT2D eigenvalue weighted by molar-refractivity contribution is 5.86. The lowest BCUT2D eigenvalue weighted by atomic mass is 10.0. The van der Waals surface area contributed by atoms with Gasteiger partial charge in [-0.25, -0.2) is 0 Å². The van der Waals surface area contributed by atoms with E-state index in [1.54, 1.807) is 0 Å². The molecule has 0 aromatic carbocycles. The minimum atomic E-state index is -1.77. The van der Waals surface area contributed by atoms with Gasteiger partial charge in [-0.3, -0.25) is 4.79 Å². The SMILES string of the molecule is C=CC(=O)NC(C)OC(C)O[C@@H](C=O)[C@@H](O)[C@H](O)[C@H](O)CO. The van der Waals surface area contributed by atoms with Crippen LogP contribution in [0.2, 0.25) is 0 Å². The smallest absolute Gasteiger partial charge is 0.245 e. The van der Waals surface area contributed by atoms with Crippen LogP contribution >= 0.6 is 0 Å². The molecule has 0 spiro atoms. The molecule has 0 heterocycles. The van der Waals surface area contributed by atoms with Gasteiger partial charge in [0.1, 0.15) is 30.6 Å². The van der Waals surface area contributed by atoms with E-state index < -0.39 is 49.4 Å².